The van der Waals surface area contributed by atoms with Crippen molar-refractivity contribution in [2.24, 2.45) is 0 Å². The van der Waals surface area contributed by atoms with Crippen LogP contribution in [0, 0.1) is 0 Å². The molecule has 3 rings (SSSR count). The molecular weight excluding hydrogens is 476 g/mol. The molecule has 0 radical (unpaired) electrons. The van der Waals surface area contributed by atoms with Gasteiger partial charge in [-0.3, -0.25) is 9.10 Å². The zero-order valence-electron chi connectivity index (χ0n) is 20.8. The molecule has 1 unspecified atom stereocenters. The van der Waals surface area contributed by atoms with Crippen molar-refractivity contribution in [3.05, 3.63) is 41.5 Å². The molecular formula is C24H30N2O8S. The van der Waals surface area contributed by atoms with Crippen LogP contribution in [-0.4, -0.2) is 60.5 Å². The summed E-state index contributed by atoms with van der Waals surface area (Å²) in [6.45, 7) is 5.80. The Morgan fingerprint density at radius 3 is 2.23 bits per heavy atom. The quantitative estimate of drug-likeness (QED) is 0.594. The van der Waals surface area contributed by atoms with Crippen LogP contribution in [0.1, 0.15) is 36.7 Å². The number of rotatable bonds is 6. The van der Waals surface area contributed by atoms with E-state index in [9.17, 15) is 18.0 Å². The van der Waals surface area contributed by atoms with Gasteiger partial charge in [-0.15, -0.1) is 0 Å². The summed E-state index contributed by atoms with van der Waals surface area (Å²) in [5.41, 5.74) is 1.20. The molecule has 11 heteroatoms. The number of hydrogen-bond acceptors (Lipinski definition) is 8. The molecule has 0 fully saturated rings. The van der Waals surface area contributed by atoms with E-state index in [-0.39, 0.29) is 40.5 Å². The number of anilines is 2. The summed E-state index contributed by atoms with van der Waals surface area (Å²) in [7, 11) is 0.314. The highest BCUT2D eigenvalue weighted by molar-refractivity contribution is 7.92. The molecule has 1 N–H and O–H groups in total. The lowest BCUT2D eigenvalue weighted by atomic mass is 9.86. The third kappa shape index (κ3) is 5.45. The minimum absolute atomic E-state index is 0.0319. The van der Waals surface area contributed by atoms with Gasteiger partial charge in [0.1, 0.15) is 5.75 Å². The van der Waals surface area contributed by atoms with E-state index in [2.05, 4.69) is 5.32 Å². The van der Waals surface area contributed by atoms with Crippen molar-refractivity contribution in [1.29, 1.82) is 0 Å². The Kier molecular flexibility index (Phi) is 7.21. The monoisotopic (exact) mass is 506 g/mol. The van der Waals surface area contributed by atoms with Crippen molar-refractivity contribution < 1.29 is 37.0 Å². The van der Waals surface area contributed by atoms with Crippen LogP contribution >= 0.6 is 0 Å². The average molecular weight is 507 g/mol. The number of benzene rings is 2. The van der Waals surface area contributed by atoms with Crippen molar-refractivity contribution in [2.45, 2.75) is 32.3 Å². The zero-order chi connectivity index (χ0) is 26.1. The second-order valence-electron chi connectivity index (χ2n) is 9.07. The first-order valence-corrected chi connectivity index (χ1v) is 12.6. The van der Waals surface area contributed by atoms with Crippen molar-refractivity contribution >= 4 is 33.3 Å². The molecule has 1 aliphatic heterocycles. The van der Waals surface area contributed by atoms with Crippen molar-refractivity contribution in [3.63, 3.8) is 0 Å². The number of carbonyl (C=O) groups is 2. The van der Waals surface area contributed by atoms with Crippen LogP contribution in [0.4, 0.5) is 11.4 Å². The van der Waals surface area contributed by atoms with Crippen molar-refractivity contribution in [2.75, 3.05) is 43.8 Å². The number of carbonyl (C=O) groups excluding carboxylic acids is 2. The maximum atomic E-state index is 13.2. The first-order chi connectivity index (χ1) is 16.3. The highest BCUT2D eigenvalue weighted by Gasteiger charge is 2.36. The fourth-order valence-electron chi connectivity index (χ4n) is 3.64. The van der Waals surface area contributed by atoms with Crippen LogP contribution in [0.2, 0.25) is 0 Å². The van der Waals surface area contributed by atoms with Gasteiger partial charge in [0.05, 0.1) is 51.1 Å². The SMILES string of the molecule is COC(=O)c1cc(OC)c(OC)cc1NC(=O)C1CN(S(C)(=O)=O)c2cc(C(C)(C)C)ccc2O1. The van der Waals surface area contributed by atoms with Gasteiger partial charge in [0.25, 0.3) is 5.91 Å². The molecule has 0 spiro atoms. The van der Waals surface area contributed by atoms with Crippen molar-refractivity contribution in [1.82, 2.24) is 0 Å². The Morgan fingerprint density at radius 1 is 1.06 bits per heavy atom. The van der Waals surface area contributed by atoms with Gasteiger partial charge in [-0.1, -0.05) is 26.8 Å². The van der Waals surface area contributed by atoms with E-state index in [0.717, 1.165) is 16.1 Å². The number of fused-ring (bicyclic) bond motifs is 1. The van der Waals surface area contributed by atoms with E-state index >= 15 is 0 Å². The summed E-state index contributed by atoms with van der Waals surface area (Å²) in [4.78, 5) is 25.5. The Hall–Kier alpha value is -3.47. The van der Waals surface area contributed by atoms with Crippen LogP contribution in [0.15, 0.2) is 30.3 Å². The normalized spacial score (nSPS) is 15.5. The molecule has 10 nitrogen and oxygen atoms in total. The number of methoxy groups -OCH3 is 3. The fourth-order valence-corrected chi connectivity index (χ4v) is 4.55. The van der Waals surface area contributed by atoms with Gasteiger partial charge < -0.3 is 24.3 Å². The summed E-state index contributed by atoms with van der Waals surface area (Å²) in [6, 6.07) is 8.05. The highest BCUT2D eigenvalue weighted by atomic mass is 32.2. The van der Waals surface area contributed by atoms with Crippen LogP contribution < -0.4 is 23.8 Å². The maximum Gasteiger partial charge on any atom is 0.340 e. The number of nitrogens with zero attached hydrogens (tertiary/aromatic N) is 1. The van der Waals surface area contributed by atoms with Crippen molar-refractivity contribution in [3.8, 4) is 17.2 Å². The van der Waals surface area contributed by atoms with E-state index in [1.54, 1.807) is 12.1 Å². The number of ether oxygens (including phenoxy) is 4. The molecule has 1 heterocycles. The summed E-state index contributed by atoms with van der Waals surface area (Å²) in [5, 5.41) is 2.64. The predicted molar refractivity (Wildman–Crippen MR) is 131 cm³/mol. The molecule has 1 amide bonds. The topological polar surface area (TPSA) is 120 Å². The largest absolute Gasteiger partial charge is 0.493 e. The van der Waals surface area contributed by atoms with Gasteiger partial charge in [-0.2, -0.15) is 0 Å². The van der Waals surface area contributed by atoms with Crippen LogP contribution in [0.5, 0.6) is 17.2 Å². The summed E-state index contributed by atoms with van der Waals surface area (Å²) < 4.78 is 47.6. The molecule has 0 aliphatic carbocycles. The third-order valence-electron chi connectivity index (χ3n) is 5.57. The first-order valence-electron chi connectivity index (χ1n) is 10.7. The van der Waals surface area contributed by atoms with E-state index < -0.39 is 28.0 Å². The van der Waals surface area contributed by atoms with Gasteiger partial charge in [0, 0.05) is 12.1 Å². The lowest BCUT2D eigenvalue weighted by Gasteiger charge is -2.35. The number of nitrogens with one attached hydrogen (secondary N) is 1. The Labute approximate surface area is 205 Å². The highest BCUT2D eigenvalue weighted by Crippen LogP contribution is 2.39. The second kappa shape index (κ2) is 9.65. The summed E-state index contributed by atoms with van der Waals surface area (Å²) >= 11 is 0. The molecule has 0 saturated carbocycles. The van der Waals surface area contributed by atoms with Gasteiger partial charge in [-0.05, 0) is 23.1 Å². The lowest BCUT2D eigenvalue weighted by molar-refractivity contribution is -0.122. The smallest absolute Gasteiger partial charge is 0.340 e. The first kappa shape index (κ1) is 26.1. The van der Waals surface area contributed by atoms with Gasteiger partial charge in [-0.25, -0.2) is 13.2 Å². The number of hydrogen-bond donors (Lipinski definition) is 1. The molecule has 0 bridgehead atoms. The van der Waals surface area contributed by atoms with Crippen LogP contribution in [-0.2, 0) is 25.0 Å². The molecule has 0 aromatic heterocycles. The molecule has 0 saturated heterocycles. The third-order valence-corrected chi connectivity index (χ3v) is 6.72. The average Bonchev–Trinajstić information content (AvgIpc) is 2.80. The van der Waals surface area contributed by atoms with E-state index in [4.69, 9.17) is 18.9 Å². The summed E-state index contributed by atoms with van der Waals surface area (Å²) in [6.07, 6.45) is -0.110. The lowest BCUT2D eigenvalue weighted by Crippen LogP contribution is -2.48. The molecule has 2 aromatic rings. The Balaban J connectivity index is 1.99. The number of esters is 1. The van der Waals surface area contributed by atoms with E-state index in [1.807, 2.05) is 26.8 Å². The minimum atomic E-state index is -3.72. The Morgan fingerprint density at radius 2 is 1.69 bits per heavy atom. The molecule has 1 atom stereocenters. The molecule has 1 aliphatic rings. The summed E-state index contributed by atoms with van der Waals surface area (Å²) in [5.74, 6) is -0.551. The maximum absolute atomic E-state index is 13.2. The molecule has 35 heavy (non-hydrogen) atoms. The fraction of sp³-hybridized carbons (Fsp3) is 0.417. The van der Waals surface area contributed by atoms with Gasteiger partial charge in [0.15, 0.2) is 17.6 Å². The van der Waals surface area contributed by atoms with Gasteiger partial charge in [0.2, 0.25) is 10.0 Å². The zero-order valence-corrected chi connectivity index (χ0v) is 21.6. The predicted octanol–water partition coefficient (Wildman–Crippen LogP) is 2.95. The number of sulfonamides is 1. The Bertz CT molecular complexity index is 1250. The van der Waals surface area contributed by atoms with E-state index in [0.29, 0.717) is 5.69 Å². The molecule has 2 aromatic carbocycles. The molecule has 190 valence electrons. The van der Waals surface area contributed by atoms with Crippen LogP contribution in [0.3, 0.4) is 0 Å². The standard InChI is InChI=1S/C24H30N2O8S/c1-24(2,3)14-8-9-18-17(10-14)26(35(7,29)30)13-21(34-18)22(27)25-16-12-20(32-5)19(31-4)11-15(16)23(28)33-6/h8-12,21H,13H2,1-7H3,(H,25,27). The minimum Gasteiger partial charge on any atom is -0.493 e. The second-order valence-corrected chi connectivity index (χ2v) is 11.0. The van der Waals surface area contributed by atoms with E-state index in [1.165, 1.54) is 33.5 Å². The van der Waals surface area contributed by atoms with Gasteiger partial charge >= 0.3 is 5.97 Å². The van der Waals surface area contributed by atoms with Crippen LogP contribution in [0.25, 0.3) is 0 Å². The number of amides is 1.